The second-order valence-electron chi connectivity index (χ2n) is 3.79. The lowest BCUT2D eigenvalue weighted by atomic mass is 10.2. The van der Waals surface area contributed by atoms with E-state index in [0.717, 1.165) is 33.6 Å². The van der Waals surface area contributed by atoms with Crippen molar-refractivity contribution in [3.8, 4) is 16.3 Å². The van der Waals surface area contributed by atoms with E-state index in [-0.39, 0.29) is 0 Å². The van der Waals surface area contributed by atoms with Crippen molar-refractivity contribution in [2.45, 2.75) is 6.54 Å². The van der Waals surface area contributed by atoms with Gasteiger partial charge in [-0.05, 0) is 22.0 Å². The van der Waals surface area contributed by atoms with Crippen LogP contribution < -0.4 is 4.74 Å². The van der Waals surface area contributed by atoms with E-state index >= 15 is 0 Å². The summed E-state index contributed by atoms with van der Waals surface area (Å²) < 4.78 is 12.7. The molecule has 1 aliphatic heterocycles. The third-order valence-corrected chi connectivity index (χ3v) is 3.97. The summed E-state index contributed by atoms with van der Waals surface area (Å²) in [5, 5.41) is 5.05. The average molecular weight is 345 g/mol. The van der Waals surface area contributed by atoms with Crippen LogP contribution in [-0.2, 0) is 11.3 Å². The minimum Gasteiger partial charge on any atom is -0.481 e. The molecule has 102 valence electrons. The lowest BCUT2D eigenvalue weighted by Gasteiger charge is -2.00. The van der Waals surface area contributed by atoms with Gasteiger partial charge in [-0.1, -0.05) is 11.3 Å². The van der Waals surface area contributed by atoms with E-state index in [0.29, 0.717) is 11.5 Å². The fraction of sp³-hybridized carbons (Fsp3) is 0.333. The van der Waals surface area contributed by atoms with E-state index < -0.39 is 0 Å². The molecule has 0 fully saturated rings. The number of aromatic nitrogens is 2. The molecule has 3 rings (SSSR count). The van der Waals surface area contributed by atoms with Crippen molar-refractivity contribution in [2.75, 3.05) is 20.8 Å². The Morgan fingerprint density at radius 2 is 2.32 bits per heavy atom. The van der Waals surface area contributed by atoms with Gasteiger partial charge in [-0.3, -0.25) is 9.48 Å². The summed E-state index contributed by atoms with van der Waals surface area (Å²) in [6.45, 7) is 1.30. The quantitative estimate of drug-likeness (QED) is 0.746. The highest BCUT2D eigenvalue weighted by atomic mass is 79.9. The first-order valence-electron chi connectivity index (χ1n) is 5.54. The third-order valence-electron chi connectivity index (χ3n) is 2.42. The molecule has 0 saturated carbocycles. The summed E-state index contributed by atoms with van der Waals surface area (Å²) in [6, 6.07) is 1.84. The van der Waals surface area contributed by atoms with Crippen LogP contribution >= 0.6 is 27.3 Å². The number of carbonyl (C=O) groups excluding carboxylic acids is 1. The molecule has 2 aromatic rings. The lowest BCUT2D eigenvalue weighted by Crippen LogP contribution is -2.06. The number of ether oxygens (including phenoxy) is 2. The standard InChI is InChI=1S/C10H7BrN2O2S.C2H6O/c11-8-4-12-13-1-2-15-10-7(9(8)13)3-6(5-14)16-10;1-3-2/h3-5H,1-2H2;1-2H3. The maximum absolute atomic E-state index is 10.8. The molecule has 7 heteroatoms. The Morgan fingerprint density at radius 3 is 3.00 bits per heavy atom. The minimum absolute atomic E-state index is 0.576. The molecular weight excluding hydrogens is 332 g/mol. The summed E-state index contributed by atoms with van der Waals surface area (Å²) in [7, 11) is 3.25. The second kappa shape index (κ2) is 6.31. The minimum atomic E-state index is 0.576. The number of aldehydes is 1. The predicted octanol–water partition coefficient (Wildman–Crippen LogP) is 2.84. The molecule has 0 N–H and O–H groups in total. The van der Waals surface area contributed by atoms with E-state index in [1.165, 1.54) is 11.3 Å². The van der Waals surface area contributed by atoms with E-state index in [4.69, 9.17) is 4.74 Å². The van der Waals surface area contributed by atoms with Gasteiger partial charge in [0.1, 0.15) is 6.61 Å². The van der Waals surface area contributed by atoms with Crippen molar-refractivity contribution in [2.24, 2.45) is 0 Å². The predicted molar refractivity (Wildman–Crippen MR) is 77.1 cm³/mol. The van der Waals surface area contributed by atoms with Crippen LogP contribution in [0.2, 0.25) is 0 Å². The molecule has 0 spiro atoms. The molecule has 0 radical (unpaired) electrons. The second-order valence-corrected chi connectivity index (χ2v) is 5.69. The summed E-state index contributed by atoms with van der Waals surface area (Å²) in [5.41, 5.74) is 1.92. The summed E-state index contributed by atoms with van der Waals surface area (Å²) in [5.74, 6) is 0. The van der Waals surface area contributed by atoms with Gasteiger partial charge < -0.3 is 9.47 Å². The largest absolute Gasteiger partial charge is 0.481 e. The highest BCUT2D eigenvalue weighted by molar-refractivity contribution is 9.10. The van der Waals surface area contributed by atoms with Gasteiger partial charge in [0.15, 0.2) is 11.3 Å². The van der Waals surface area contributed by atoms with Crippen LogP contribution in [0.3, 0.4) is 0 Å². The number of thiophene rings is 1. The van der Waals surface area contributed by atoms with Crippen LogP contribution in [0.15, 0.2) is 16.7 Å². The summed E-state index contributed by atoms with van der Waals surface area (Å²) in [6.07, 6.45) is 2.61. The molecule has 0 unspecified atom stereocenters. The number of methoxy groups -OCH3 is 1. The molecule has 2 aromatic heterocycles. The van der Waals surface area contributed by atoms with Crippen LogP contribution in [0.25, 0.3) is 11.3 Å². The monoisotopic (exact) mass is 344 g/mol. The Balaban J connectivity index is 0.000000408. The number of carbonyl (C=O) groups is 1. The number of nitrogens with zero attached hydrogens (tertiary/aromatic N) is 2. The highest BCUT2D eigenvalue weighted by Crippen LogP contribution is 2.42. The van der Waals surface area contributed by atoms with Crippen molar-refractivity contribution in [1.82, 2.24) is 9.78 Å². The number of rotatable bonds is 1. The molecule has 0 atom stereocenters. The third kappa shape index (κ3) is 2.88. The molecule has 0 saturated heterocycles. The normalized spacial score (nSPS) is 12.4. The van der Waals surface area contributed by atoms with Gasteiger partial charge in [0.25, 0.3) is 0 Å². The fourth-order valence-corrected chi connectivity index (χ4v) is 3.10. The van der Waals surface area contributed by atoms with Crippen molar-refractivity contribution >= 4 is 33.6 Å². The zero-order chi connectivity index (χ0) is 13.8. The average Bonchev–Trinajstić information content (AvgIpc) is 2.90. The zero-order valence-corrected chi connectivity index (χ0v) is 13.0. The fourth-order valence-electron chi connectivity index (χ4n) is 1.75. The van der Waals surface area contributed by atoms with Crippen molar-refractivity contribution < 1.29 is 14.3 Å². The lowest BCUT2D eigenvalue weighted by molar-refractivity contribution is 0.112. The molecule has 0 aromatic carbocycles. The highest BCUT2D eigenvalue weighted by Gasteiger charge is 2.21. The van der Waals surface area contributed by atoms with Gasteiger partial charge >= 0.3 is 0 Å². The first kappa shape index (κ1) is 14.2. The topological polar surface area (TPSA) is 53.4 Å². The van der Waals surface area contributed by atoms with Crippen LogP contribution in [0.5, 0.6) is 5.06 Å². The van der Waals surface area contributed by atoms with Crippen LogP contribution in [0.4, 0.5) is 0 Å². The number of hydrogen-bond acceptors (Lipinski definition) is 5. The molecule has 1 aliphatic rings. The number of halogens is 1. The van der Waals surface area contributed by atoms with Crippen molar-refractivity contribution in [3.63, 3.8) is 0 Å². The van der Waals surface area contributed by atoms with E-state index in [1.807, 2.05) is 10.7 Å². The van der Waals surface area contributed by atoms with Gasteiger partial charge in [0.05, 0.1) is 33.3 Å². The zero-order valence-electron chi connectivity index (χ0n) is 10.6. The Bertz CT molecular complexity index is 580. The molecule has 3 heterocycles. The number of hydrogen-bond donors (Lipinski definition) is 0. The van der Waals surface area contributed by atoms with Crippen LogP contribution in [-0.4, -0.2) is 36.9 Å². The molecule has 0 amide bonds. The summed E-state index contributed by atoms with van der Waals surface area (Å²) in [4.78, 5) is 11.4. The van der Waals surface area contributed by atoms with E-state index in [2.05, 4.69) is 25.8 Å². The molecule has 0 aliphatic carbocycles. The maximum atomic E-state index is 10.8. The molecule has 0 bridgehead atoms. The van der Waals surface area contributed by atoms with Gasteiger partial charge in [-0.25, -0.2) is 0 Å². The first-order chi connectivity index (χ1) is 9.21. The Labute approximate surface area is 123 Å². The Hall–Kier alpha value is -1.18. The van der Waals surface area contributed by atoms with Gasteiger partial charge in [0.2, 0.25) is 0 Å². The van der Waals surface area contributed by atoms with Gasteiger partial charge in [0, 0.05) is 14.2 Å². The smallest absolute Gasteiger partial charge is 0.184 e. The Kier molecular flexibility index (Phi) is 4.73. The van der Waals surface area contributed by atoms with Crippen molar-refractivity contribution in [3.05, 3.63) is 21.6 Å². The van der Waals surface area contributed by atoms with Gasteiger partial charge in [-0.15, -0.1) is 0 Å². The number of fused-ring (bicyclic) bond motifs is 3. The van der Waals surface area contributed by atoms with E-state index in [9.17, 15) is 4.79 Å². The molecule has 5 nitrogen and oxygen atoms in total. The first-order valence-corrected chi connectivity index (χ1v) is 7.15. The SMILES string of the molecule is COC.O=Cc1cc2c(s1)OCCn1ncc(Br)c1-2. The van der Waals surface area contributed by atoms with Crippen LogP contribution in [0.1, 0.15) is 9.67 Å². The van der Waals surface area contributed by atoms with E-state index in [1.54, 1.807) is 20.4 Å². The molecular formula is C12H13BrN2O3S. The van der Waals surface area contributed by atoms with Crippen molar-refractivity contribution in [1.29, 1.82) is 0 Å². The molecule has 19 heavy (non-hydrogen) atoms. The maximum Gasteiger partial charge on any atom is 0.184 e. The Morgan fingerprint density at radius 1 is 1.58 bits per heavy atom. The van der Waals surface area contributed by atoms with Crippen LogP contribution in [0, 0.1) is 0 Å². The summed E-state index contributed by atoms with van der Waals surface area (Å²) >= 11 is 4.84. The van der Waals surface area contributed by atoms with Gasteiger partial charge in [-0.2, -0.15) is 5.10 Å².